The molecule has 100 valence electrons. The average Bonchev–Trinajstić information content (AvgIpc) is 2.38. The number of aliphatic hydroxyl groups excluding tert-OH is 1. The van der Waals surface area contributed by atoms with Crippen LogP contribution in [0.2, 0.25) is 5.02 Å². The second kappa shape index (κ2) is 6.17. The van der Waals surface area contributed by atoms with Crippen LogP contribution >= 0.6 is 11.6 Å². The summed E-state index contributed by atoms with van der Waals surface area (Å²) >= 11 is 5.99. The van der Waals surface area contributed by atoms with E-state index < -0.39 is 0 Å². The molecule has 0 spiro atoms. The van der Waals surface area contributed by atoms with Crippen molar-refractivity contribution in [2.45, 2.75) is 31.8 Å². The number of hydrazine groups is 1. The zero-order valence-corrected chi connectivity index (χ0v) is 10.8. The van der Waals surface area contributed by atoms with Gasteiger partial charge in [-0.25, -0.2) is 10.8 Å². The minimum Gasteiger partial charge on any atom is -0.393 e. The lowest BCUT2D eigenvalue weighted by Gasteiger charge is -2.26. The van der Waals surface area contributed by atoms with Gasteiger partial charge in [0.2, 0.25) is 5.95 Å². The van der Waals surface area contributed by atoms with E-state index in [1.807, 2.05) is 0 Å². The number of rotatable bonds is 4. The van der Waals surface area contributed by atoms with Crippen LogP contribution in [0.15, 0.2) is 6.20 Å². The van der Waals surface area contributed by atoms with Gasteiger partial charge < -0.3 is 10.4 Å². The van der Waals surface area contributed by atoms with Crippen LogP contribution in [0.1, 0.15) is 25.7 Å². The molecule has 1 heterocycles. The fourth-order valence-corrected chi connectivity index (χ4v) is 2.41. The Morgan fingerprint density at radius 3 is 3.06 bits per heavy atom. The van der Waals surface area contributed by atoms with Gasteiger partial charge in [-0.2, -0.15) is 4.98 Å². The third-order valence-electron chi connectivity index (χ3n) is 3.19. The lowest BCUT2D eigenvalue weighted by atomic mass is 9.87. The van der Waals surface area contributed by atoms with Crippen molar-refractivity contribution in [3.8, 4) is 0 Å². The van der Waals surface area contributed by atoms with Crippen LogP contribution in [0.3, 0.4) is 0 Å². The molecular formula is C11H18ClN5O. The standard InChI is InChI=1S/C11H18ClN5O/c12-9-6-15-11(17-13)16-10(9)14-5-7-2-1-3-8(18)4-7/h6-8,18H,1-5,13H2,(H2,14,15,16,17). The van der Waals surface area contributed by atoms with Crippen LogP contribution in [-0.2, 0) is 0 Å². The Bertz CT molecular complexity index is 403. The summed E-state index contributed by atoms with van der Waals surface area (Å²) in [5.74, 6) is 6.59. The second-order valence-corrected chi connectivity index (χ2v) is 5.01. The number of nitrogen functional groups attached to an aromatic ring is 1. The number of hydrogen-bond donors (Lipinski definition) is 4. The predicted molar refractivity (Wildman–Crippen MR) is 71.3 cm³/mol. The highest BCUT2D eigenvalue weighted by atomic mass is 35.5. The summed E-state index contributed by atoms with van der Waals surface area (Å²) in [6.45, 7) is 0.748. The summed E-state index contributed by atoms with van der Waals surface area (Å²) in [7, 11) is 0. The van der Waals surface area contributed by atoms with Crippen LogP contribution in [0.5, 0.6) is 0 Å². The molecule has 1 aromatic heterocycles. The SMILES string of the molecule is NNc1ncc(Cl)c(NCC2CCCC(O)C2)n1. The number of halogens is 1. The lowest BCUT2D eigenvalue weighted by molar-refractivity contribution is 0.104. The summed E-state index contributed by atoms with van der Waals surface area (Å²) < 4.78 is 0. The molecule has 6 nitrogen and oxygen atoms in total. The Kier molecular flexibility index (Phi) is 4.57. The van der Waals surface area contributed by atoms with Crippen LogP contribution < -0.4 is 16.6 Å². The van der Waals surface area contributed by atoms with Gasteiger partial charge in [0.05, 0.1) is 12.3 Å². The van der Waals surface area contributed by atoms with Gasteiger partial charge in [-0.1, -0.05) is 18.0 Å². The molecule has 2 rings (SSSR count). The van der Waals surface area contributed by atoms with Crippen molar-refractivity contribution in [3.05, 3.63) is 11.2 Å². The maximum absolute atomic E-state index is 9.61. The predicted octanol–water partition coefficient (Wildman–Crippen LogP) is 1.38. The van der Waals surface area contributed by atoms with Gasteiger partial charge in [-0.05, 0) is 25.2 Å². The number of hydrogen-bond acceptors (Lipinski definition) is 6. The van der Waals surface area contributed by atoms with Crippen molar-refractivity contribution in [3.63, 3.8) is 0 Å². The van der Waals surface area contributed by atoms with E-state index in [2.05, 4.69) is 20.7 Å². The van der Waals surface area contributed by atoms with Crippen LogP contribution in [0.25, 0.3) is 0 Å². The average molecular weight is 272 g/mol. The molecule has 1 fully saturated rings. The first-order valence-electron chi connectivity index (χ1n) is 6.10. The first-order chi connectivity index (χ1) is 8.69. The smallest absolute Gasteiger partial charge is 0.239 e. The normalized spacial score (nSPS) is 23.7. The van der Waals surface area contributed by atoms with E-state index in [1.54, 1.807) is 0 Å². The van der Waals surface area contributed by atoms with Crippen molar-refractivity contribution in [2.24, 2.45) is 11.8 Å². The summed E-state index contributed by atoms with van der Waals surface area (Å²) in [5, 5.41) is 13.3. The highest BCUT2D eigenvalue weighted by molar-refractivity contribution is 6.32. The topological polar surface area (TPSA) is 96.1 Å². The zero-order chi connectivity index (χ0) is 13.0. The molecule has 0 amide bonds. The Hall–Kier alpha value is -1.11. The molecule has 0 aromatic carbocycles. The molecule has 5 N–H and O–H groups in total. The number of nitrogens with two attached hydrogens (primary N) is 1. The van der Waals surface area contributed by atoms with Gasteiger partial charge in [0.1, 0.15) is 5.02 Å². The summed E-state index contributed by atoms with van der Waals surface area (Å²) in [5.41, 5.74) is 2.38. The van der Waals surface area contributed by atoms with Gasteiger partial charge in [0.25, 0.3) is 0 Å². The van der Waals surface area contributed by atoms with Gasteiger partial charge in [0, 0.05) is 6.54 Å². The number of anilines is 2. The summed E-state index contributed by atoms with van der Waals surface area (Å²) in [6, 6.07) is 0. The first-order valence-corrected chi connectivity index (χ1v) is 6.48. The highest BCUT2D eigenvalue weighted by Crippen LogP contribution is 2.25. The van der Waals surface area contributed by atoms with E-state index in [0.717, 1.165) is 32.2 Å². The minimum atomic E-state index is -0.173. The molecular weight excluding hydrogens is 254 g/mol. The van der Waals surface area contributed by atoms with Crippen molar-refractivity contribution in [2.75, 3.05) is 17.3 Å². The molecule has 1 saturated carbocycles. The third kappa shape index (κ3) is 3.44. The van der Waals surface area contributed by atoms with Gasteiger partial charge in [-0.15, -0.1) is 0 Å². The Morgan fingerprint density at radius 2 is 2.33 bits per heavy atom. The molecule has 1 aliphatic carbocycles. The molecule has 0 radical (unpaired) electrons. The van der Waals surface area contributed by atoms with E-state index in [4.69, 9.17) is 17.4 Å². The van der Waals surface area contributed by atoms with Crippen LogP contribution in [0, 0.1) is 5.92 Å². The van der Waals surface area contributed by atoms with E-state index >= 15 is 0 Å². The second-order valence-electron chi connectivity index (χ2n) is 4.60. The maximum atomic E-state index is 9.61. The van der Waals surface area contributed by atoms with E-state index in [0.29, 0.717) is 22.7 Å². The van der Waals surface area contributed by atoms with Crippen molar-refractivity contribution >= 4 is 23.4 Å². The van der Waals surface area contributed by atoms with Crippen molar-refractivity contribution < 1.29 is 5.11 Å². The first kappa shape index (κ1) is 13.3. The van der Waals surface area contributed by atoms with Crippen molar-refractivity contribution in [1.82, 2.24) is 9.97 Å². The quantitative estimate of drug-likeness (QED) is 0.488. The zero-order valence-electron chi connectivity index (χ0n) is 10.1. The highest BCUT2D eigenvalue weighted by Gasteiger charge is 2.20. The summed E-state index contributed by atoms with van der Waals surface area (Å²) in [6.07, 6.45) is 5.26. The fourth-order valence-electron chi connectivity index (χ4n) is 2.25. The number of aliphatic hydroxyl groups is 1. The monoisotopic (exact) mass is 271 g/mol. The molecule has 0 bridgehead atoms. The van der Waals surface area contributed by atoms with Crippen LogP contribution in [-0.4, -0.2) is 27.7 Å². The molecule has 1 aromatic rings. The molecule has 18 heavy (non-hydrogen) atoms. The van der Waals surface area contributed by atoms with Gasteiger partial charge in [0.15, 0.2) is 5.82 Å². The number of aromatic nitrogens is 2. The largest absolute Gasteiger partial charge is 0.393 e. The Morgan fingerprint density at radius 1 is 1.50 bits per heavy atom. The third-order valence-corrected chi connectivity index (χ3v) is 3.46. The van der Waals surface area contributed by atoms with E-state index in [1.165, 1.54) is 6.20 Å². The van der Waals surface area contributed by atoms with Crippen molar-refractivity contribution in [1.29, 1.82) is 0 Å². The van der Waals surface area contributed by atoms with E-state index in [-0.39, 0.29) is 6.10 Å². The minimum absolute atomic E-state index is 0.173. The lowest BCUT2D eigenvalue weighted by Crippen LogP contribution is -2.25. The molecule has 1 aliphatic rings. The fraction of sp³-hybridized carbons (Fsp3) is 0.636. The number of nitrogens with one attached hydrogen (secondary N) is 2. The van der Waals surface area contributed by atoms with Crippen LogP contribution in [0.4, 0.5) is 11.8 Å². The van der Waals surface area contributed by atoms with E-state index in [9.17, 15) is 5.11 Å². The molecule has 0 aliphatic heterocycles. The van der Waals surface area contributed by atoms with Gasteiger partial charge >= 0.3 is 0 Å². The molecule has 2 atom stereocenters. The van der Waals surface area contributed by atoms with Gasteiger partial charge in [-0.3, -0.25) is 5.43 Å². The molecule has 2 unspecified atom stereocenters. The summed E-state index contributed by atoms with van der Waals surface area (Å²) in [4.78, 5) is 8.05. The molecule has 7 heteroatoms. The number of nitrogens with zero attached hydrogens (tertiary/aromatic N) is 2. The molecule has 0 saturated heterocycles. The maximum Gasteiger partial charge on any atom is 0.239 e. The Labute approximate surface area is 111 Å². The Balaban J connectivity index is 1.92.